The molecule has 20 heteroatoms. The number of nitrogens with one attached hydrogen (secondary N) is 1. The van der Waals surface area contributed by atoms with Gasteiger partial charge in [-0.2, -0.15) is 8.62 Å². The molecule has 5 atom stereocenters. The molecule has 0 amide bonds. The Morgan fingerprint density at radius 3 is 2.47 bits per heavy atom. The van der Waals surface area contributed by atoms with E-state index in [9.17, 15) is 33.3 Å². The topological polar surface area (TPSA) is 233 Å². The van der Waals surface area contributed by atoms with Crippen LogP contribution in [0, 0.1) is 0 Å². The van der Waals surface area contributed by atoms with E-state index in [4.69, 9.17) is 23.8 Å². The lowest BCUT2D eigenvalue weighted by Gasteiger charge is -2.28. The average Bonchev–Trinajstić information content (AvgIpc) is 2.87. The molecule has 1 fully saturated rings. The first-order chi connectivity index (χ1) is 13.6. The fraction of sp³-hybridized carbons (Fsp3) is 0.600. The van der Waals surface area contributed by atoms with Gasteiger partial charge in [-0.1, -0.05) is 12.2 Å². The molecule has 0 spiro atoms. The van der Waals surface area contributed by atoms with E-state index in [0.717, 1.165) is 23.9 Å². The molecule has 0 bridgehead atoms. The molecule has 1 saturated heterocycles. The Hall–Kier alpha value is -0.640. The van der Waals surface area contributed by atoms with Gasteiger partial charge < -0.3 is 29.3 Å². The van der Waals surface area contributed by atoms with Gasteiger partial charge in [0, 0.05) is 25.8 Å². The summed E-state index contributed by atoms with van der Waals surface area (Å²) >= 11 is 3.40. The number of H-pyrrole nitrogens is 1. The number of aliphatic hydroxyl groups is 1. The number of aliphatic hydroxyl groups excluding tert-OH is 1. The molecule has 16 nitrogen and oxygen atoms in total. The van der Waals surface area contributed by atoms with Crippen LogP contribution < -0.4 is 11.2 Å². The molecule has 5 N–H and O–H groups in total. The Morgan fingerprint density at radius 2 is 1.93 bits per heavy atom. The summed E-state index contributed by atoms with van der Waals surface area (Å²) in [7, 11) is -9.92. The van der Waals surface area contributed by atoms with Crippen LogP contribution >= 0.6 is 34.7 Å². The first kappa shape index (κ1) is 25.6. The van der Waals surface area contributed by atoms with Crippen molar-refractivity contribution in [1.29, 1.82) is 0 Å². The molecule has 1 aliphatic rings. The monoisotopic (exact) mass is 514 g/mol. The summed E-state index contributed by atoms with van der Waals surface area (Å²) < 4.78 is 58.0. The van der Waals surface area contributed by atoms with E-state index >= 15 is 0 Å². The lowest BCUT2D eigenvalue weighted by molar-refractivity contribution is -0.240. The minimum Gasteiger partial charge on any atom is -0.388 e. The van der Waals surface area contributed by atoms with Crippen molar-refractivity contribution in [2.75, 3.05) is 13.7 Å². The van der Waals surface area contributed by atoms with E-state index in [0.29, 0.717) is 0 Å². The van der Waals surface area contributed by atoms with Crippen LogP contribution in [0.5, 0.6) is 0 Å². The van der Waals surface area contributed by atoms with E-state index in [1.807, 2.05) is 4.98 Å². The summed E-state index contributed by atoms with van der Waals surface area (Å²) in [6, 6.07) is 0.996. The maximum Gasteiger partial charge on any atom is 0.488 e. The van der Waals surface area contributed by atoms with E-state index in [1.54, 1.807) is 0 Å². The normalized spacial score (nSPS) is 28.7. The second-order valence-corrected chi connectivity index (χ2v) is 11.7. The van der Waals surface area contributed by atoms with Crippen LogP contribution in [0.4, 0.5) is 0 Å². The molecule has 0 radical (unpaired) electrons. The van der Waals surface area contributed by atoms with Crippen molar-refractivity contribution in [2.45, 2.75) is 24.5 Å². The van der Waals surface area contributed by atoms with E-state index < -0.39 is 58.4 Å². The maximum atomic E-state index is 12.1. The van der Waals surface area contributed by atoms with Crippen LogP contribution in [0.3, 0.4) is 0 Å². The smallest absolute Gasteiger partial charge is 0.388 e. The summed E-state index contributed by atoms with van der Waals surface area (Å²) in [6.07, 6.45) is -2.04. The van der Waals surface area contributed by atoms with Gasteiger partial charge in [-0.15, -0.1) is 0 Å². The number of nitrogens with zero attached hydrogens (tertiary/aromatic N) is 1. The predicted octanol–water partition coefficient (Wildman–Crippen LogP) is -0.560. The van der Waals surface area contributed by atoms with E-state index in [2.05, 4.69) is 20.9 Å². The zero-order chi connectivity index (χ0) is 23.0. The molecule has 2 heterocycles. The molecule has 0 saturated carbocycles. The standard InChI is InChI=1S/C10H17N2O14P3S/c1-22-10(5-23-29(21,30)26-28(19,20)25-27(16,17)18)4-6(13)8(24-10)12-3-2-7(14)11-9(12)15/h2-3,6,8,13H,4-5H2,1H3,(H,19,20)(H,21,30)(H,11,14,15)(H2,16,17,18)/t6-,8-,10+,29?/m1/s1. The quantitative estimate of drug-likeness (QED) is 0.179. The van der Waals surface area contributed by atoms with Gasteiger partial charge >= 0.3 is 28.1 Å². The van der Waals surface area contributed by atoms with Crippen LogP contribution in [0.25, 0.3) is 0 Å². The van der Waals surface area contributed by atoms with E-state index in [-0.39, 0.29) is 6.42 Å². The van der Waals surface area contributed by atoms with Crippen molar-refractivity contribution in [3.8, 4) is 0 Å². The molecule has 1 aliphatic heterocycles. The first-order valence-corrected chi connectivity index (χ1v) is 13.3. The minimum atomic E-state index is -5.55. The number of hydrogen-bond donors (Lipinski definition) is 6. The van der Waals surface area contributed by atoms with Crippen molar-refractivity contribution >= 4 is 34.7 Å². The molecule has 2 unspecified atom stereocenters. The number of methoxy groups -OCH3 is 1. The van der Waals surface area contributed by atoms with Crippen LogP contribution in [-0.4, -0.2) is 54.9 Å². The summed E-state index contributed by atoms with van der Waals surface area (Å²) in [5.41, 5.74) is -1.59. The Labute approximate surface area is 172 Å². The minimum absolute atomic E-state index is 0.358. The molecular weight excluding hydrogens is 497 g/mol. The molecule has 172 valence electrons. The fourth-order valence-electron chi connectivity index (χ4n) is 2.40. The lowest BCUT2D eigenvalue weighted by atomic mass is 10.1. The highest BCUT2D eigenvalue weighted by atomic mass is 32.7. The second-order valence-electron chi connectivity index (χ2n) is 5.78. The van der Waals surface area contributed by atoms with Gasteiger partial charge in [0.1, 0.15) is 12.7 Å². The van der Waals surface area contributed by atoms with Gasteiger partial charge in [0.05, 0.1) is 0 Å². The third-order valence-corrected chi connectivity index (χ3v) is 8.33. The summed E-state index contributed by atoms with van der Waals surface area (Å²) in [5.74, 6) is -1.86. The number of rotatable bonds is 9. The summed E-state index contributed by atoms with van der Waals surface area (Å²) in [6.45, 7) is -5.62. The number of thiol groups is 1. The molecular formula is C10H17N2O14P3S. The predicted molar refractivity (Wildman–Crippen MR) is 98.4 cm³/mol. The molecule has 1 aromatic rings. The Bertz CT molecular complexity index is 1040. The number of hydrogen-bond acceptors (Lipinski definition) is 11. The number of aromatic nitrogens is 2. The first-order valence-electron chi connectivity index (χ1n) is 7.58. The third kappa shape index (κ3) is 6.93. The SMILES string of the molecule is CO[C@@]1(COP(=O)(S)OP(=O)(O)OP(=O)(O)O)C[C@@H](O)[C@H](n2ccc(=O)[nH]c2=O)O1. The highest BCUT2D eigenvalue weighted by Gasteiger charge is 2.50. The molecule has 1 aromatic heterocycles. The Kier molecular flexibility index (Phi) is 7.75. The van der Waals surface area contributed by atoms with Crippen LogP contribution in [0.1, 0.15) is 12.6 Å². The van der Waals surface area contributed by atoms with Crippen molar-refractivity contribution in [3.63, 3.8) is 0 Å². The van der Waals surface area contributed by atoms with Crippen LogP contribution in [0.2, 0.25) is 0 Å². The van der Waals surface area contributed by atoms with Crippen molar-refractivity contribution in [2.24, 2.45) is 0 Å². The Balaban J connectivity index is 2.13. The van der Waals surface area contributed by atoms with Crippen molar-refractivity contribution in [1.82, 2.24) is 9.55 Å². The van der Waals surface area contributed by atoms with Gasteiger partial charge in [0.2, 0.25) is 0 Å². The Morgan fingerprint density at radius 1 is 1.30 bits per heavy atom. The molecule has 2 rings (SSSR count). The number of ether oxygens (including phenoxy) is 2. The highest BCUT2D eigenvalue weighted by Crippen LogP contribution is 2.69. The molecule has 30 heavy (non-hydrogen) atoms. The van der Waals surface area contributed by atoms with E-state index in [1.165, 1.54) is 0 Å². The lowest BCUT2D eigenvalue weighted by Crippen LogP contribution is -2.38. The van der Waals surface area contributed by atoms with Crippen molar-refractivity contribution < 1.29 is 56.1 Å². The van der Waals surface area contributed by atoms with Gasteiger partial charge in [0.15, 0.2) is 12.0 Å². The zero-order valence-electron chi connectivity index (χ0n) is 14.8. The second kappa shape index (κ2) is 9.08. The van der Waals surface area contributed by atoms with Gasteiger partial charge in [-0.25, -0.2) is 18.5 Å². The highest BCUT2D eigenvalue weighted by molar-refractivity contribution is 8.45. The van der Waals surface area contributed by atoms with Gasteiger partial charge in [0.25, 0.3) is 5.56 Å². The molecule has 0 aliphatic carbocycles. The zero-order valence-corrected chi connectivity index (χ0v) is 18.4. The number of phosphoric acid groups is 2. The number of aromatic amines is 1. The van der Waals surface area contributed by atoms with Gasteiger partial charge in [-0.3, -0.25) is 18.9 Å². The fourth-order valence-corrected chi connectivity index (χ4v) is 6.46. The van der Waals surface area contributed by atoms with Crippen molar-refractivity contribution in [3.05, 3.63) is 33.1 Å². The molecule has 0 aromatic carbocycles. The largest absolute Gasteiger partial charge is 0.488 e. The summed E-state index contributed by atoms with van der Waals surface area (Å²) in [4.78, 5) is 51.3. The van der Waals surface area contributed by atoms with Crippen LogP contribution in [0.15, 0.2) is 21.9 Å². The summed E-state index contributed by atoms with van der Waals surface area (Å²) in [5, 5.41) is 10.2. The third-order valence-electron chi connectivity index (χ3n) is 3.55. The van der Waals surface area contributed by atoms with Gasteiger partial charge in [-0.05, 0) is 0 Å². The average molecular weight is 514 g/mol. The van der Waals surface area contributed by atoms with Crippen LogP contribution in [-0.2, 0) is 36.3 Å². The maximum absolute atomic E-state index is 12.1.